The number of aromatic amines is 1. The highest BCUT2D eigenvalue weighted by molar-refractivity contribution is 8.01. The number of H-pyrrole nitrogens is 1. The second-order valence-electron chi connectivity index (χ2n) is 9.60. The van der Waals surface area contributed by atoms with E-state index in [0.717, 1.165) is 22.5 Å². The van der Waals surface area contributed by atoms with Crippen LogP contribution >= 0.6 is 35.9 Å². The average Bonchev–Trinajstić information content (AvgIpc) is 3.48. The molecule has 40 heavy (non-hydrogen) atoms. The molecule has 0 saturated heterocycles. The van der Waals surface area contributed by atoms with E-state index in [9.17, 15) is 14.7 Å². The molecule has 0 radical (unpaired) electrons. The smallest absolute Gasteiger partial charge is 0.327 e. The Morgan fingerprint density at radius 2 is 1.38 bits per heavy atom. The van der Waals surface area contributed by atoms with Gasteiger partial charge in [0.05, 0.1) is 9.49 Å². The predicted molar refractivity (Wildman–Crippen MR) is 167 cm³/mol. The minimum absolute atomic E-state index is 0. The second-order valence-corrected chi connectivity index (χ2v) is 12.6. The number of carbonyl (C=O) groups is 2. The SMILES string of the molecule is CC(C)(SCCc1ncc[nH]1)C(=O)N[C@@H](CSC(c1ccccc1)(c1ccccc1)c1ccccc1)C(=O)O.Cl. The standard InChI is InChI=1S/C31H33N3O3S2.ClH/c1-30(2,38-21-18-27-32-19-20-33-27)29(37)34-26(28(35)36)22-39-31(23-12-6-3-7-13-23,24-14-8-4-9-15-24)25-16-10-5-11-17-25;/h3-17,19-20,26H,18,21-22H2,1-2H3,(H,32,33)(H,34,37)(H,35,36);1H/t26-;/m0./s1. The van der Waals surface area contributed by atoms with E-state index in [0.29, 0.717) is 12.2 Å². The van der Waals surface area contributed by atoms with Crippen LogP contribution in [-0.4, -0.2) is 49.2 Å². The highest BCUT2D eigenvalue weighted by atomic mass is 35.5. The number of aromatic nitrogens is 2. The summed E-state index contributed by atoms with van der Waals surface area (Å²) in [5.74, 6) is 0.351. The normalized spacial score (nSPS) is 12.2. The Labute approximate surface area is 250 Å². The number of aryl methyl sites for hydroxylation is 1. The summed E-state index contributed by atoms with van der Waals surface area (Å²) in [7, 11) is 0. The molecular formula is C31H34ClN3O3S2. The van der Waals surface area contributed by atoms with Gasteiger partial charge in [-0.3, -0.25) is 4.79 Å². The molecule has 0 fully saturated rings. The largest absolute Gasteiger partial charge is 0.480 e. The fourth-order valence-electron chi connectivity index (χ4n) is 4.39. The van der Waals surface area contributed by atoms with E-state index in [1.165, 1.54) is 23.5 Å². The van der Waals surface area contributed by atoms with Crippen LogP contribution in [0.3, 0.4) is 0 Å². The predicted octanol–water partition coefficient (Wildman–Crippen LogP) is 6.18. The zero-order valence-corrected chi connectivity index (χ0v) is 24.9. The molecule has 1 amide bonds. The third kappa shape index (κ3) is 7.50. The lowest BCUT2D eigenvalue weighted by molar-refractivity contribution is -0.141. The number of carboxylic acid groups (broad SMARTS) is 1. The maximum atomic E-state index is 13.3. The Morgan fingerprint density at radius 1 is 0.875 bits per heavy atom. The van der Waals surface area contributed by atoms with Crippen LogP contribution < -0.4 is 5.32 Å². The number of halogens is 1. The van der Waals surface area contributed by atoms with E-state index in [1.54, 1.807) is 12.4 Å². The van der Waals surface area contributed by atoms with Crippen molar-refractivity contribution >= 4 is 47.8 Å². The number of hydrogen-bond acceptors (Lipinski definition) is 5. The maximum absolute atomic E-state index is 13.3. The molecule has 0 saturated carbocycles. The fraction of sp³-hybridized carbons (Fsp3) is 0.258. The van der Waals surface area contributed by atoms with Gasteiger partial charge in [0, 0.05) is 30.3 Å². The molecule has 4 rings (SSSR count). The minimum Gasteiger partial charge on any atom is -0.480 e. The minimum atomic E-state index is -1.07. The lowest BCUT2D eigenvalue weighted by Gasteiger charge is -2.36. The quantitative estimate of drug-likeness (QED) is 0.160. The number of carboxylic acids is 1. The van der Waals surface area contributed by atoms with E-state index < -0.39 is 21.5 Å². The average molecular weight is 596 g/mol. The molecule has 0 aliphatic heterocycles. The molecule has 3 aromatic carbocycles. The molecule has 1 heterocycles. The van der Waals surface area contributed by atoms with Gasteiger partial charge in [-0.15, -0.1) is 35.9 Å². The van der Waals surface area contributed by atoms with Gasteiger partial charge in [0.15, 0.2) is 0 Å². The molecule has 6 nitrogen and oxygen atoms in total. The maximum Gasteiger partial charge on any atom is 0.327 e. The molecule has 1 aromatic heterocycles. The number of nitrogens with zero attached hydrogens (tertiary/aromatic N) is 1. The van der Waals surface area contributed by atoms with Crippen molar-refractivity contribution in [1.82, 2.24) is 15.3 Å². The molecule has 0 aliphatic rings. The topological polar surface area (TPSA) is 95.1 Å². The van der Waals surface area contributed by atoms with Gasteiger partial charge in [-0.25, -0.2) is 9.78 Å². The number of benzene rings is 3. The summed E-state index contributed by atoms with van der Waals surface area (Å²) >= 11 is 3.00. The van der Waals surface area contributed by atoms with Crippen molar-refractivity contribution in [2.75, 3.05) is 11.5 Å². The number of hydrogen-bond donors (Lipinski definition) is 3. The Hall–Kier alpha value is -3.20. The Bertz CT molecular complexity index is 1240. The summed E-state index contributed by atoms with van der Waals surface area (Å²) in [6.07, 6.45) is 4.17. The Morgan fingerprint density at radius 3 is 1.80 bits per heavy atom. The molecule has 4 aromatic rings. The second kappa shape index (κ2) is 14.4. The van der Waals surface area contributed by atoms with Crippen molar-refractivity contribution in [2.24, 2.45) is 0 Å². The van der Waals surface area contributed by atoms with Gasteiger partial charge < -0.3 is 15.4 Å². The van der Waals surface area contributed by atoms with Gasteiger partial charge in [0.2, 0.25) is 5.91 Å². The summed E-state index contributed by atoms with van der Waals surface area (Å²) in [6, 6.07) is 29.2. The van der Waals surface area contributed by atoms with Crippen LogP contribution in [0.4, 0.5) is 0 Å². The van der Waals surface area contributed by atoms with Gasteiger partial charge in [-0.2, -0.15) is 0 Å². The Balaban J connectivity index is 0.00000441. The van der Waals surface area contributed by atoms with Gasteiger partial charge >= 0.3 is 5.97 Å². The monoisotopic (exact) mass is 595 g/mol. The molecule has 0 bridgehead atoms. The first-order valence-corrected chi connectivity index (χ1v) is 14.8. The summed E-state index contributed by atoms with van der Waals surface area (Å²) in [4.78, 5) is 33.0. The number of imidazole rings is 1. The van der Waals surface area contributed by atoms with Crippen LogP contribution in [-0.2, 0) is 20.8 Å². The van der Waals surface area contributed by atoms with Crippen molar-refractivity contribution in [3.05, 3.63) is 126 Å². The molecule has 1 atom stereocenters. The highest BCUT2D eigenvalue weighted by Crippen LogP contribution is 2.48. The lowest BCUT2D eigenvalue weighted by atomic mass is 9.84. The molecule has 0 aliphatic carbocycles. The first-order chi connectivity index (χ1) is 18.8. The number of aliphatic carboxylic acids is 1. The van der Waals surface area contributed by atoms with Gasteiger partial charge in [0.25, 0.3) is 0 Å². The van der Waals surface area contributed by atoms with Crippen molar-refractivity contribution in [2.45, 2.75) is 35.8 Å². The molecule has 3 N–H and O–H groups in total. The van der Waals surface area contributed by atoms with Gasteiger partial charge in [-0.05, 0) is 30.5 Å². The molecular weight excluding hydrogens is 562 g/mol. The zero-order chi connectivity index (χ0) is 27.7. The number of carbonyl (C=O) groups excluding carboxylic acids is 1. The summed E-state index contributed by atoms with van der Waals surface area (Å²) in [5, 5.41) is 13.0. The van der Waals surface area contributed by atoms with Crippen LogP contribution in [0, 0.1) is 0 Å². The first kappa shape index (κ1) is 31.3. The first-order valence-electron chi connectivity index (χ1n) is 12.8. The Kier molecular flexibility index (Phi) is 11.3. The molecule has 0 unspecified atom stereocenters. The van der Waals surface area contributed by atoms with E-state index in [-0.39, 0.29) is 24.1 Å². The van der Waals surface area contributed by atoms with Crippen LogP contribution in [0.5, 0.6) is 0 Å². The van der Waals surface area contributed by atoms with Crippen LogP contribution in [0.25, 0.3) is 0 Å². The molecule has 0 spiro atoms. The van der Waals surface area contributed by atoms with Crippen molar-refractivity contribution < 1.29 is 14.7 Å². The number of rotatable bonds is 13. The summed E-state index contributed by atoms with van der Waals surface area (Å²) in [6.45, 7) is 3.65. The number of amides is 1. The molecule has 210 valence electrons. The van der Waals surface area contributed by atoms with E-state index in [1.807, 2.05) is 68.4 Å². The zero-order valence-electron chi connectivity index (χ0n) is 22.4. The van der Waals surface area contributed by atoms with E-state index in [4.69, 9.17) is 0 Å². The third-order valence-corrected chi connectivity index (χ3v) is 9.47. The van der Waals surface area contributed by atoms with Crippen LogP contribution in [0.15, 0.2) is 103 Å². The van der Waals surface area contributed by atoms with Crippen molar-refractivity contribution in [3.8, 4) is 0 Å². The van der Waals surface area contributed by atoms with Crippen LogP contribution in [0.1, 0.15) is 36.4 Å². The highest BCUT2D eigenvalue weighted by Gasteiger charge is 2.39. The lowest BCUT2D eigenvalue weighted by Crippen LogP contribution is -2.50. The van der Waals surface area contributed by atoms with Gasteiger partial charge in [0.1, 0.15) is 11.9 Å². The third-order valence-electron chi connectivity index (χ3n) is 6.51. The van der Waals surface area contributed by atoms with Crippen molar-refractivity contribution in [3.63, 3.8) is 0 Å². The van der Waals surface area contributed by atoms with E-state index >= 15 is 0 Å². The molecule has 9 heteroatoms. The number of thioether (sulfide) groups is 2. The fourth-order valence-corrected chi connectivity index (χ4v) is 6.93. The van der Waals surface area contributed by atoms with Gasteiger partial charge in [-0.1, -0.05) is 91.0 Å². The van der Waals surface area contributed by atoms with Crippen molar-refractivity contribution in [1.29, 1.82) is 0 Å². The van der Waals surface area contributed by atoms with Crippen LogP contribution in [0.2, 0.25) is 0 Å². The summed E-state index contributed by atoms with van der Waals surface area (Å²) in [5.41, 5.74) is 3.12. The number of nitrogens with one attached hydrogen (secondary N) is 2. The summed E-state index contributed by atoms with van der Waals surface area (Å²) < 4.78 is -1.48. The van der Waals surface area contributed by atoms with E-state index in [2.05, 4.69) is 51.7 Å².